The summed E-state index contributed by atoms with van der Waals surface area (Å²) >= 11 is 0. The lowest BCUT2D eigenvalue weighted by Crippen LogP contribution is -1.99. The third kappa shape index (κ3) is 1.18. The molecule has 3 aromatic rings. The Hall–Kier alpha value is -2.12. The molecule has 1 heterocycles. The highest BCUT2D eigenvalue weighted by molar-refractivity contribution is 5.95. The van der Waals surface area contributed by atoms with E-state index in [1.54, 1.807) is 0 Å². The summed E-state index contributed by atoms with van der Waals surface area (Å²) in [6.07, 6.45) is 0. The predicted molar refractivity (Wildman–Crippen MR) is 78.0 cm³/mol. The molecule has 1 aliphatic carbocycles. The van der Waals surface area contributed by atoms with Crippen molar-refractivity contribution in [1.82, 2.24) is 5.32 Å². The van der Waals surface area contributed by atoms with Crippen molar-refractivity contribution in [2.24, 2.45) is 0 Å². The maximum absolute atomic E-state index is 3.64. The molecule has 0 spiro atoms. The van der Waals surface area contributed by atoms with Crippen molar-refractivity contribution in [2.75, 3.05) is 0 Å². The molecule has 1 aliphatic heterocycles. The Morgan fingerprint density at radius 3 is 2.53 bits per heavy atom. The number of fused-ring (bicyclic) bond motifs is 8. The lowest BCUT2D eigenvalue weighted by molar-refractivity contribution is 1.02. The Bertz CT molecular complexity index is 819. The Morgan fingerprint density at radius 1 is 0.684 bits per heavy atom. The first-order valence-electron chi connectivity index (χ1n) is 6.80. The van der Waals surface area contributed by atoms with Gasteiger partial charge in [0.1, 0.15) is 0 Å². The second-order valence-corrected chi connectivity index (χ2v) is 5.46. The van der Waals surface area contributed by atoms with Gasteiger partial charge in [-0.1, -0.05) is 60.7 Å². The van der Waals surface area contributed by atoms with E-state index in [2.05, 4.69) is 66.0 Å². The van der Waals surface area contributed by atoms with Gasteiger partial charge in [0.25, 0.3) is 0 Å². The number of nitrogens with one attached hydrogen (secondary N) is 1. The smallest absolute Gasteiger partial charge is 0.0536 e. The van der Waals surface area contributed by atoms with Gasteiger partial charge < -0.3 is 0 Å². The van der Waals surface area contributed by atoms with Crippen LogP contribution in [0.3, 0.4) is 0 Å². The van der Waals surface area contributed by atoms with Crippen LogP contribution in [0, 0.1) is 0 Å². The van der Waals surface area contributed by atoms with E-state index in [-0.39, 0.29) is 0 Å². The molecule has 0 unspecified atom stereocenters. The van der Waals surface area contributed by atoms with Crippen LogP contribution in [-0.2, 0) is 0 Å². The summed E-state index contributed by atoms with van der Waals surface area (Å²) in [7, 11) is 0. The van der Waals surface area contributed by atoms with Gasteiger partial charge in [0.05, 0.1) is 12.1 Å². The molecule has 1 nitrogen and oxygen atoms in total. The van der Waals surface area contributed by atoms with Crippen LogP contribution in [0.25, 0.3) is 21.9 Å². The third-order valence-electron chi connectivity index (χ3n) is 4.45. The summed E-state index contributed by atoms with van der Waals surface area (Å²) in [5.74, 6) is 0. The van der Waals surface area contributed by atoms with E-state index in [1.807, 2.05) is 0 Å². The third-order valence-corrected chi connectivity index (χ3v) is 4.45. The monoisotopic (exact) mass is 243 g/mol. The second kappa shape index (κ2) is 3.25. The van der Waals surface area contributed by atoms with Crippen molar-refractivity contribution in [1.29, 1.82) is 0 Å². The molecule has 2 atom stereocenters. The minimum Gasteiger partial charge on any atom is -0.300 e. The molecule has 0 bridgehead atoms. The van der Waals surface area contributed by atoms with Gasteiger partial charge in [-0.05, 0) is 33.0 Å². The normalized spacial score (nSPS) is 22.5. The molecular formula is C18H13N. The zero-order valence-electron chi connectivity index (χ0n) is 10.4. The van der Waals surface area contributed by atoms with E-state index in [9.17, 15) is 0 Å². The molecule has 0 amide bonds. The molecule has 0 radical (unpaired) electrons. The molecule has 1 saturated heterocycles. The molecule has 0 aromatic heterocycles. The Balaban J connectivity index is 1.94. The lowest BCUT2D eigenvalue weighted by atomic mass is 9.83. The summed E-state index contributed by atoms with van der Waals surface area (Å²) in [5.41, 5.74) is 5.74. The summed E-state index contributed by atoms with van der Waals surface area (Å²) < 4.78 is 0. The molecule has 2 aliphatic rings. The van der Waals surface area contributed by atoms with Crippen LogP contribution in [0.5, 0.6) is 0 Å². The maximum atomic E-state index is 3.64. The fourth-order valence-corrected chi connectivity index (χ4v) is 3.54. The van der Waals surface area contributed by atoms with Crippen molar-refractivity contribution in [3.05, 3.63) is 71.8 Å². The van der Waals surface area contributed by atoms with Gasteiger partial charge in [0.15, 0.2) is 0 Å². The van der Waals surface area contributed by atoms with Crippen molar-refractivity contribution in [3.63, 3.8) is 0 Å². The average Bonchev–Trinajstić information content (AvgIpc) is 3.27. The van der Waals surface area contributed by atoms with Crippen molar-refractivity contribution >= 4 is 10.8 Å². The van der Waals surface area contributed by atoms with Gasteiger partial charge in [-0.2, -0.15) is 0 Å². The van der Waals surface area contributed by atoms with Gasteiger partial charge in [-0.25, -0.2) is 0 Å². The van der Waals surface area contributed by atoms with Gasteiger partial charge in [0, 0.05) is 0 Å². The highest BCUT2D eigenvalue weighted by Crippen LogP contribution is 2.54. The predicted octanol–water partition coefficient (Wildman–Crippen LogP) is 4.21. The Kier molecular flexibility index (Phi) is 1.67. The summed E-state index contributed by atoms with van der Waals surface area (Å²) in [6, 6.07) is 23.1. The number of benzene rings is 3. The first-order valence-corrected chi connectivity index (χ1v) is 6.80. The molecule has 5 rings (SSSR count). The van der Waals surface area contributed by atoms with Crippen LogP contribution in [0.15, 0.2) is 60.7 Å². The van der Waals surface area contributed by atoms with Crippen molar-refractivity contribution in [3.8, 4) is 11.1 Å². The van der Waals surface area contributed by atoms with Crippen molar-refractivity contribution in [2.45, 2.75) is 12.1 Å². The topological polar surface area (TPSA) is 21.9 Å². The highest BCUT2D eigenvalue weighted by atomic mass is 15.2. The molecule has 3 aromatic carbocycles. The summed E-state index contributed by atoms with van der Waals surface area (Å²) in [5, 5.41) is 6.37. The van der Waals surface area contributed by atoms with E-state index in [1.165, 1.54) is 33.0 Å². The SMILES string of the molecule is c1ccc2c(c1)-c1ccc3ccccc3c1[C@@H]1N[C@H]21. The molecule has 19 heavy (non-hydrogen) atoms. The average molecular weight is 243 g/mol. The van der Waals surface area contributed by atoms with E-state index >= 15 is 0 Å². The van der Waals surface area contributed by atoms with Gasteiger partial charge in [-0.15, -0.1) is 0 Å². The first-order chi connectivity index (χ1) is 9.43. The van der Waals surface area contributed by atoms with E-state index < -0.39 is 0 Å². The van der Waals surface area contributed by atoms with Crippen molar-refractivity contribution < 1.29 is 0 Å². The number of hydrogen-bond acceptors (Lipinski definition) is 1. The summed E-state index contributed by atoms with van der Waals surface area (Å²) in [4.78, 5) is 0. The molecule has 90 valence electrons. The fraction of sp³-hybridized carbons (Fsp3) is 0.111. The Morgan fingerprint density at radius 2 is 1.53 bits per heavy atom. The van der Waals surface area contributed by atoms with Gasteiger partial charge in [0.2, 0.25) is 0 Å². The largest absolute Gasteiger partial charge is 0.300 e. The summed E-state index contributed by atoms with van der Waals surface area (Å²) in [6.45, 7) is 0. The molecule has 0 saturated carbocycles. The van der Waals surface area contributed by atoms with Gasteiger partial charge >= 0.3 is 0 Å². The molecular weight excluding hydrogens is 230 g/mol. The molecule has 1 fully saturated rings. The molecule has 1 heteroatoms. The second-order valence-electron chi connectivity index (χ2n) is 5.46. The first kappa shape index (κ1) is 9.76. The zero-order valence-corrected chi connectivity index (χ0v) is 10.4. The van der Waals surface area contributed by atoms with Crippen LogP contribution in [0.2, 0.25) is 0 Å². The van der Waals surface area contributed by atoms with Crippen LogP contribution >= 0.6 is 0 Å². The van der Waals surface area contributed by atoms with E-state index in [0.29, 0.717) is 12.1 Å². The minimum atomic E-state index is 0.510. The minimum absolute atomic E-state index is 0.510. The van der Waals surface area contributed by atoms with E-state index in [4.69, 9.17) is 0 Å². The fourth-order valence-electron chi connectivity index (χ4n) is 3.54. The Labute approximate surface area is 111 Å². The van der Waals surface area contributed by atoms with Crippen LogP contribution in [-0.4, -0.2) is 0 Å². The van der Waals surface area contributed by atoms with Crippen LogP contribution in [0.1, 0.15) is 23.2 Å². The number of hydrogen-bond donors (Lipinski definition) is 1. The lowest BCUT2D eigenvalue weighted by Gasteiger charge is -2.19. The van der Waals surface area contributed by atoms with E-state index in [0.717, 1.165) is 0 Å². The van der Waals surface area contributed by atoms with Crippen LogP contribution in [0.4, 0.5) is 0 Å². The number of rotatable bonds is 0. The highest BCUT2D eigenvalue weighted by Gasteiger charge is 2.45. The van der Waals surface area contributed by atoms with Gasteiger partial charge in [-0.3, -0.25) is 5.32 Å². The maximum Gasteiger partial charge on any atom is 0.0536 e. The quantitative estimate of drug-likeness (QED) is 0.587. The zero-order chi connectivity index (χ0) is 12.4. The van der Waals surface area contributed by atoms with Crippen LogP contribution < -0.4 is 5.32 Å². The standard InChI is InChI=1S/C18H13N/c1-2-6-12-11(5-1)9-10-14-13-7-3-4-8-15(13)17-18(19-17)16(12)14/h1-10,17-19H/t17-,18+/m1/s1. The molecule has 1 N–H and O–H groups in total.